The highest BCUT2D eigenvalue weighted by Gasteiger charge is 2.39. The van der Waals surface area contributed by atoms with Crippen LogP contribution in [-0.4, -0.2) is 46.4 Å². The Labute approximate surface area is 137 Å². The van der Waals surface area contributed by atoms with Gasteiger partial charge in [-0.3, -0.25) is 9.59 Å². The quantitative estimate of drug-likeness (QED) is 0.780. The van der Waals surface area contributed by atoms with E-state index >= 15 is 0 Å². The number of rotatable bonds is 6. The fraction of sp³-hybridized carbons (Fsp3) is 0.824. The molecule has 1 heterocycles. The molecule has 1 aliphatic heterocycles. The number of nitrogens with zero attached hydrogens (tertiary/aromatic N) is 1. The number of carbonyl (C=O) groups excluding carboxylic acids is 2. The summed E-state index contributed by atoms with van der Waals surface area (Å²) in [5.41, 5.74) is 0. The van der Waals surface area contributed by atoms with Gasteiger partial charge in [0.05, 0.1) is 5.92 Å². The maximum absolute atomic E-state index is 12.3. The number of likely N-dealkylation sites (tertiary alicyclic amines) is 1. The topological polar surface area (TPSA) is 86.7 Å². The van der Waals surface area contributed by atoms with E-state index in [0.29, 0.717) is 25.3 Å². The highest BCUT2D eigenvalue weighted by molar-refractivity contribution is 5.91. The highest BCUT2D eigenvalue weighted by atomic mass is 16.4. The van der Waals surface area contributed by atoms with Gasteiger partial charge < -0.3 is 15.3 Å². The van der Waals surface area contributed by atoms with Gasteiger partial charge in [0.2, 0.25) is 11.8 Å². The first-order valence-electron chi connectivity index (χ1n) is 8.75. The maximum atomic E-state index is 12.3. The third-order valence-electron chi connectivity index (χ3n) is 5.15. The van der Waals surface area contributed by atoms with Crippen LogP contribution in [-0.2, 0) is 14.4 Å². The van der Waals surface area contributed by atoms with Gasteiger partial charge in [-0.25, -0.2) is 4.79 Å². The van der Waals surface area contributed by atoms with Crippen LogP contribution >= 0.6 is 0 Å². The van der Waals surface area contributed by atoms with Gasteiger partial charge in [-0.1, -0.05) is 20.3 Å². The van der Waals surface area contributed by atoms with Crippen molar-refractivity contribution < 1.29 is 19.5 Å². The molecule has 2 fully saturated rings. The van der Waals surface area contributed by atoms with E-state index < -0.39 is 17.9 Å². The average molecular weight is 324 g/mol. The van der Waals surface area contributed by atoms with Crippen molar-refractivity contribution >= 4 is 17.8 Å². The number of carbonyl (C=O) groups is 3. The minimum atomic E-state index is -1.01. The van der Waals surface area contributed by atoms with Gasteiger partial charge in [0.1, 0.15) is 6.04 Å². The molecule has 0 radical (unpaired) electrons. The van der Waals surface area contributed by atoms with Crippen LogP contribution in [0.5, 0.6) is 0 Å². The van der Waals surface area contributed by atoms with Crippen molar-refractivity contribution in [2.75, 3.05) is 6.54 Å². The average Bonchev–Trinajstić information content (AvgIpc) is 2.89. The van der Waals surface area contributed by atoms with Gasteiger partial charge in [0, 0.05) is 19.0 Å². The number of hydrogen-bond acceptors (Lipinski definition) is 3. The van der Waals surface area contributed by atoms with Gasteiger partial charge >= 0.3 is 5.97 Å². The monoisotopic (exact) mass is 324 g/mol. The summed E-state index contributed by atoms with van der Waals surface area (Å²) in [6.07, 6.45) is 5.57. The largest absolute Gasteiger partial charge is 0.480 e. The fourth-order valence-corrected chi connectivity index (χ4v) is 3.65. The molecule has 0 aromatic carbocycles. The zero-order valence-electron chi connectivity index (χ0n) is 14.1. The van der Waals surface area contributed by atoms with Crippen molar-refractivity contribution in [1.82, 2.24) is 10.2 Å². The number of hydrogen-bond donors (Lipinski definition) is 2. The Kier molecular flexibility index (Phi) is 6.02. The standard InChI is InChI=1S/C17H28N2O4/c1-3-4-14(17(22)23)18-16(21)12-9-15(20)19(10-12)13-7-5-11(2)6-8-13/h11-14H,3-10H2,1-2H3,(H,18,21)(H,22,23). The Morgan fingerprint density at radius 1 is 1.30 bits per heavy atom. The molecule has 1 aliphatic carbocycles. The van der Waals surface area contributed by atoms with E-state index in [1.165, 1.54) is 0 Å². The van der Waals surface area contributed by atoms with Crippen LogP contribution in [0.25, 0.3) is 0 Å². The van der Waals surface area contributed by atoms with E-state index in [9.17, 15) is 14.4 Å². The van der Waals surface area contributed by atoms with Crippen LogP contribution in [0.1, 0.15) is 58.8 Å². The van der Waals surface area contributed by atoms with Crippen LogP contribution in [0.3, 0.4) is 0 Å². The third-order valence-corrected chi connectivity index (χ3v) is 5.15. The molecule has 0 spiro atoms. The highest BCUT2D eigenvalue weighted by Crippen LogP contribution is 2.31. The van der Waals surface area contributed by atoms with Gasteiger partial charge in [0.25, 0.3) is 0 Å². The molecule has 1 saturated heterocycles. The lowest BCUT2D eigenvalue weighted by molar-refractivity contribution is -0.142. The Balaban J connectivity index is 1.91. The van der Waals surface area contributed by atoms with Gasteiger partial charge in [-0.2, -0.15) is 0 Å². The number of carboxylic acid groups (broad SMARTS) is 1. The SMILES string of the molecule is CCCC(NC(=O)C1CC(=O)N(C2CCC(C)CC2)C1)C(=O)O. The maximum Gasteiger partial charge on any atom is 0.326 e. The molecule has 130 valence electrons. The van der Waals surface area contributed by atoms with Gasteiger partial charge in [-0.05, 0) is 38.0 Å². The van der Waals surface area contributed by atoms with Crippen molar-refractivity contribution in [2.24, 2.45) is 11.8 Å². The second-order valence-electron chi connectivity index (χ2n) is 7.05. The zero-order chi connectivity index (χ0) is 17.0. The van der Waals surface area contributed by atoms with Crippen LogP contribution in [0.15, 0.2) is 0 Å². The molecule has 2 atom stereocenters. The second-order valence-corrected chi connectivity index (χ2v) is 7.05. The van der Waals surface area contributed by atoms with Crippen molar-refractivity contribution in [2.45, 2.75) is 70.9 Å². The second kappa shape index (κ2) is 7.79. The van der Waals surface area contributed by atoms with E-state index in [1.54, 1.807) is 0 Å². The summed E-state index contributed by atoms with van der Waals surface area (Å²) in [5, 5.41) is 11.7. The van der Waals surface area contributed by atoms with Crippen molar-refractivity contribution in [3.8, 4) is 0 Å². The first kappa shape index (κ1) is 17.8. The van der Waals surface area contributed by atoms with Crippen molar-refractivity contribution in [3.63, 3.8) is 0 Å². The summed E-state index contributed by atoms with van der Waals surface area (Å²) in [6.45, 7) is 4.55. The van der Waals surface area contributed by atoms with Gasteiger partial charge in [-0.15, -0.1) is 0 Å². The van der Waals surface area contributed by atoms with Crippen molar-refractivity contribution in [1.29, 1.82) is 0 Å². The summed E-state index contributed by atoms with van der Waals surface area (Å²) in [5.74, 6) is -0.977. The van der Waals surface area contributed by atoms with E-state index in [1.807, 2.05) is 11.8 Å². The lowest BCUT2D eigenvalue weighted by atomic mass is 9.87. The lowest BCUT2D eigenvalue weighted by Crippen LogP contribution is -2.45. The predicted molar refractivity (Wildman–Crippen MR) is 85.7 cm³/mol. The molecule has 2 unspecified atom stereocenters. The summed E-state index contributed by atoms with van der Waals surface area (Å²) >= 11 is 0. The number of amides is 2. The molecule has 2 rings (SSSR count). The molecule has 1 saturated carbocycles. The summed E-state index contributed by atoms with van der Waals surface area (Å²) in [4.78, 5) is 37.6. The zero-order valence-corrected chi connectivity index (χ0v) is 14.1. The van der Waals surface area contributed by atoms with Crippen LogP contribution in [0, 0.1) is 11.8 Å². The third kappa shape index (κ3) is 4.45. The van der Waals surface area contributed by atoms with E-state index in [-0.39, 0.29) is 24.3 Å². The summed E-state index contributed by atoms with van der Waals surface area (Å²) < 4.78 is 0. The molecule has 0 aromatic rings. The van der Waals surface area contributed by atoms with E-state index in [2.05, 4.69) is 12.2 Å². The molecule has 6 nitrogen and oxygen atoms in total. The fourth-order valence-electron chi connectivity index (χ4n) is 3.65. The smallest absolute Gasteiger partial charge is 0.326 e. The molecule has 2 aliphatic rings. The van der Waals surface area contributed by atoms with E-state index in [4.69, 9.17) is 5.11 Å². The minimum absolute atomic E-state index is 0.0343. The molecule has 2 amide bonds. The summed E-state index contributed by atoms with van der Waals surface area (Å²) in [6, 6.07) is -0.602. The van der Waals surface area contributed by atoms with Crippen LogP contribution in [0.2, 0.25) is 0 Å². The molecule has 0 aromatic heterocycles. The van der Waals surface area contributed by atoms with Crippen molar-refractivity contribution in [3.05, 3.63) is 0 Å². The van der Waals surface area contributed by atoms with E-state index in [0.717, 1.165) is 25.7 Å². The first-order chi connectivity index (χ1) is 10.9. The number of nitrogens with one attached hydrogen (secondary N) is 1. The molecule has 2 N–H and O–H groups in total. The van der Waals surface area contributed by atoms with Crippen LogP contribution in [0.4, 0.5) is 0 Å². The Morgan fingerprint density at radius 3 is 2.52 bits per heavy atom. The number of aliphatic carboxylic acids is 1. The molecule has 23 heavy (non-hydrogen) atoms. The Hall–Kier alpha value is -1.59. The predicted octanol–water partition coefficient (Wildman–Crippen LogP) is 1.78. The molecular formula is C17H28N2O4. The van der Waals surface area contributed by atoms with Gasteiger partial charge in [0.15, 0.2) is 0 Å². The van der Waals surface area contributed by atoms with Crippen LogP contribution < -0.4 is 5.32 Å². The lowest BCUT2D eigenvalue weighted by Gasteiger charge is -2.33. The molecule has 0 bridgehead atoms. The normalized spacial score (nSPS) is 29.4. The Morgan fingerprint density at radius 2 is 1.96 bits per heavy atom. The number of carboxylic acids is 1. The molecule has 6 heteroatoms. The minimum Gasteiger partial charge on any atom is -0.480 e. The first-order valence-corrected chi connectivity index (χ1v) is 8.75. The summed E-state index contributed by atoms with van der Waals surface area (Å²) in [7, 11) is 0. The Bertz CT molecular complexity index is 458. The molecular weight excluding hydrogens is 296 g/mol.